The van der Waals surface area contributed by atoms with Crippen LogP contribution in [-0.2, 0) is 12.0 Å². The quantitative estimate of drug-likeness (QED) is 0.279. The molecule has 3 heterocycles. The second-order valence-corrected chi connectivity index (χ2v) is 10.5. The first-order valence-electron chi connectivity index (χ1n) is 12.6. The molecule has 0 aliphatic heterocycles. The molecule has 0 spiro atoms. The molecule has 5 aromatic rings. The number of rotatable bonds is 6. The third-order valence-corrected chi connectivity index (χ3v) is 6.67. The Labute approximate surface area is 222 Å². The lowest BCUT2D eigenvalue weighted by atomic mass is 9.87. The van der Waals surface area contributed by atoms with E-state index in [2.05, 4.69) is 45.0 Å². The molecule has 194 valence electrons. The monoisotopic (exact) mass is 508 g/mol. The number of fused-ring (bicyclic) bond motifs is 1. The first kappa shape index (κ1) is 25.3. The van der Waals surface area contributed by atoms with Crippen molar-refractivity contribution >= 4 is 5.65 Å². The normalized spacial score (nSPS) is 11.6. The Balaban J connectivity index is 1.47. The molecule has 0 amide bonds. The lowest BCUT2D eigenvalue weighted by Gasteiger charge is -2.19. The molecule has 5 rings (SSSR count). The molecule has 0 atom stereocenters. The summed E-state index contributed by atoms with van der Waals surface area (Å²) in [4.78, 5) is 18.4. The van der Waals surface area contributed by atoms with Crippen molar-refractivity contribution in [2.45, 2.75) is 46.6 Å². The van der Waals surface area contributed by atoms with Gasteiger partial charge in [-0.25, -0.2) is 9.67 Å². The van der Waals surface area contributed by atoms with Gasteiger partial charge in [-0.15, -0.1) is 0 Å². The number of hydrogen-bond acceptors (Lipinski definition) is 5. The minimum absolute atomic E-state index is 0.0956. The molecule has 0 radical (unpaired) electrons. The van der Waals surface area contributed by atoms with Gasteiger partial charge in [-0.2, -0.15) is 5.10 Å². The van der Waals surface area contributed by atoms with Crippen LogP contribution >= 0.6 is 0 Å². The number of nitrogens with zero attached hydrogens (tertiary/aromatic N) is 4. The first-order valence-corrected chi connectivity index (χ1v) is 12.6. The first-order chi connectivity index (χ1) is 18.2. The van der Waals surface area contributed by atoms with Crippen LogP contribution in [0.5, 0.6) is 11.5 Å². The molecule has 3 aromatic heterocycles. The molecule has 0 unspecified atom stereocenters. The predicted octanol–water partition coefficient (Wildman–Crippen LogP) is 6.05. The van der Waals surface area contributed by atoms with Crippen LogP contribution in [0.15, 0.2) is 77.7 Å². The maximum atomic E-state index is 13.6. The minimum atomic E-state index is -0.188. The molecule has 0 bridgehead atoms. The fourth-order valence-electron chi connectivity index (χ4n) is 4.49. The maximum absolute atomic E-state index is 13.6. The van der Waals surface area contributed by atoms with Crippen molar-refractivity contribution in [3.8, 4) is 28.4 Å². The van der Waals surface area contributed by atoms with E-state index in [0.29, 0.717) is 35.0 Å². The fraction of sp³-hybridized carbons (Fsp3) is 0.258. The second kappa shape index (κ2) is 9.82. The predicted molar refractivity (Wildman–Crippen MR) is 150 cm³/mol. The highest BCUT2D eigenvalue weighted by Gasteiger charge is 2.19. The van der Waals surface area contributed by atoms with E-state index in [0.717, 1.165) is 22.7 Å². The molecule has 0 N–H and O–H groups in total. The smallest absolute Gasteiger partial charge is 0.267 e. The molecule has 0 aliphatic carbocycles. The van der Waals surface area contributed by atoms with Gasteiger partial charge in [-0.05, 0) is 72.9 Å². The summed E-state index contributed by atoms with van der Waals surface area (Å²) in [6, 6.07) is 21.6. The van der Waals surface area contributed by atoms with E-state index in [1.165, 1.54) is 9.96 Å². The summed E-state index contributed by atoms with van der Waals surface area (Å²) in [6.07, 6.45) is 1.71. The molecule has 0 fully saturated rings. The van der Waals surface area contributed by atoms with Crippen molar-refractivity contribution in [1.82, 2.24) is 19.2 Å². The van der Waals surface area contributed by atoms with Crippen LogP contribution in [0, 0.1) is 13.8 Å². The van der Waals surface area contributed by atoms with Gasteiger partial charge in [-0.1, -0.05) is 45.0 Å². The number of methoxy groups -OCH3 is 1. The summed E-state index contributed by atoms with van der Waals surface area (Å²) in [5.41, 5.74) is 6.14. The SMILES string of the molecule is COc1ccc(-n2nc(-c3c(C)nc4c(OCc5ccc(C(C)(C)C)cc5)cccn4c3=O)cc2C)cc1. The second-order valence-electron chi connectivity index (χ2n) is 10.5. The van der Waals surface area contributed by atoms with Crippen LogP contribution in [0.2, 0.25) is 0 Å². The summed E-state index contributed by atoms with van der Waals surface area (Å²) in [6.45, 7) is 10.8. The van der Waals surface area contributed by atoms with Gasteiger partial charge in [0, 0.05) is 11.9 Å². The van der Waals surface area contributed by atoms with Crippen molar-refractivity contribution in [1.29, 1.82) is 0 Å². The lowest BCUT2D eigenvalue weighted by molar-refractivity contribution is 0.307. The summed E-state index contributed by atoms with van der Waals surface area (Å²) in [7, 11) is 1.63. The van der Waals surface area contributed by atoms with E-state index in [4.69, 9.17) is 19.6 Å². The van der Waals surface area contributed by atoms with Crippen LogP contribution in [0.25, 0.3) is 22.6 Å². The Bertz CT molecular complexity index is 1660. The molecule has 2 aromatic carbocycles. The van der Waals surface area contributed by atoms with E-state index in [9.17, 15) is 4.79 Å². The zero-order chi connectivity index (χ0) is 27.0. The summed E-state index contributed by atoms with van der Waals surface area (Å²) in [5, 5.41) is 4.75. The standard InChI is InChI=1S/C31H32N4O3/c1-20-18-26(33-35(20)24-13-15-25(37-6)16-14-24)28-21(2)32-29-27(8-7-17-34(29)30(28)36)38-19-22-9-11-23(12-10-22)31(3,4)5/h7-18H,19H2,1-6H3. The average molecular weight is 509 g/mol. The largest absolute Gasteiger partial charge is 0.497 e. The minimum Gasteiger partial charge on any atom is -0.497 e. The maximum Gasteiger partial charge on any atom is 0.267 e. The van der Waals surface area contributed by atoms with Gasteiger partial charge in [0.05, 0.1) is 24.1 Å². The van der Waals surface area contributed by atoms with Crippen molar-refractivity contribution in [2.75, 3.05) is 7.11 Å². The number of hydrogen-bond donors (Lipinski definition) is 0. The van der Waals surface area contributed by atoms with Crippen LogP contribution in [-0.4, -0.2) is 26.3 Å². The molecule has 0 saturated carbocycles. The van der Waals surface area contributed by atoms with E-state index in [1.54, 1.807) is 19.4 Å². The van der Waals surface area contributed by atoms with Crippen LogP contribution in [0.4, 0.5) is 0 Å². The van der Waals surface area contributed by atoms with E-state index in [1.807, 2.05) is 54.9 Å². The van der Waals surface area contributed by atoms with Gasteiger partial charge in [-0.3, -0.25) is 9.20 Å². The number of pyridine rings is 1. The molecular formula is C31H32N4O3. The van der Waals surface area contributed by atoms with Crippen molar-refractivity contribution < 1.29 is 9.47 Å². The van der Waals surface area contributed by atoms with Crippen LogP contribution in [0.3, 0.4) is 0 Å². The van der Waals surface area contributed by atoms with Crippen molar-refractivity contribution in [2.24, 2.45) is 0 Å². The molecule has 0 saturated heterocycles. The van der Waals surface area contributed by atoms with Gasteiger partial charge < -0.3 is 9.47 Å². The number of aromatic nitrogens is 4. The van der Waals surface area contributed by atoms with Gasteiger partial charge in [0.2, 0.25) is 0 Å². The van der Waals surface area contributed by atoms with Crippen molar-refractivity contribution in [3.63, 3.8) is 0 Å². The zero-order valence-corrected chi connectivity index (χ0v) is 22.6. The third-order valence-electron chi connectivity index (χ3n) is 6.67. The van der Waals surface area contributed by atoms with Crippen molar-refractivity contribution in [3.05, 3.63) is 106 Å². The number of aryl methyl sites for hydroxylation is 2. The highest BCUT2D eigenvalue weighted by Crippen LogP contribution is 2.26. The van der Waals surface area contributed by atoms with E-state index >= 15 is 0 Å². The third kappa shape index (κ3) is 4.79. The fourth-order valence-corrected chi connectivity index (χ4v) is 4.49. The Hall–Kier alpha value is -4.39. The highest BCUT2D eigenvalue weighted by molar-refractivity contribution is 5.65. The Morgan fingerprint density at radius 1 is 0.947 bits per heavy atom. The molecule has 0 aliphatic rings. The topological polar surface area (TPSA) is 70.7 Å². The van der Waals surface area contributed by atoms with E-state index in [-0.39, 0.29) is 11.0 Å². The molecule has 38 heavy (non-hydrogen) atoms. The Kier molecular flexibility index (Phi) is 6.53. The highest BCUT2D eigenvalue weighted by atomic mass is 16.5. The van der Waals surface area contributed by atoms with Crippen LogP contribution in [0.1, 0.15) is 43.3 Å². The summed E-state index contributed by atoms with van der Waals surface area (Å²) >= 11 is 0. The van der Waals surface area contributed by atoms with Crippen LogP contribution < -0.4 is 15.0 Å². The summed E-state index contributed by atoms with van der Waals surface area (Å²) < 4.78 is 14.7. The van der Waals surface area contributed by atoms with Gasteiger partial charge in [0.1, 0.15) is 18.1 Å². The average Bonchev–Trinajstić information content (AvgIpc) is 3.28. The molecule has 7 heteroatoms. The summed E-state index contributed by atoms with van der Waals surface area (Å²) in [5.74, 6) is 1.32. The number of ether oxygens (including phenoxy) is 2. The zero-order valence-electron chi connectivity index (χ0n) is 22.6. The molecular weight excluding hydrogens is 476 g/mol. The van der Waals surface area contributed by atoms with Gasteiger partial charge >= 0.3 is 0 Å². The van der Waals surface area contributed by atoms with Gasteiger partial charge in [0.15, 0.2) is 11.4 Å². The Morgan fingerprint density at radius 3 is 2.32 bits per heavy atom. The van der Waals surface area contributed by atoms with E-state index < -0.39 is 0 Å². The van der Waals surface area contributed by atoms with Gasteiger partial charge in [0.25, 0.3) is 5.56 Å². The molecule has 7 nitrogen and oxygen atoms in total. The lowest BCUT2D eigenvalue weighted by Crippen LogP contribution is -2.19. The Morgan fingerprint density at radius 2 is 1.66 bits per heavy atom. The number of benzene rings is 2.